The fraction of sp³-hybridized carbons (Fsp3) is 0.500. The van der Waals surface area contributed by atoms with Crippen molar-refractivity contribution >= 4 is 11.7 Å². The van der Waals surface area contributed by atoms with Crippen molar-refractivity contribution in [3.63, 3.8) is 0 Å². The Morgan fingerprint density at radius 1 is 1.35 bits per heavy atom. The van der Waals surface area contributed by atoms with Crippen LogP contribution in [0.25, 0.3) is 0 Å². The van der Waals surface area contributed by atoms with Gasteiger partial charge in [0.05, 0.1) is 5.56 Å². The quantitative estimate of drug-likeness (QED) is 0.769. The van der Waals surface area contributed by atoms with Crippen molar-refractivity contribution in [1.29, 1.82) is 0 Å². The SMILES string of the molecule is NC(=O)c1ccc(C(F)(F)F)nc1NC1C2CNCC21. The first kappa shape index (κ1) is 13.2. The van der Waals surface area contributed by atoms with Crippen LogP contribution in [0.5, 0.6) is 0 Å². The van der Waals surface area contributed by atoms with E-state index in [1.54, 1.807) is 0 Å². The molecule has 0 aromatic carbocycles. The lowest BCUT2D eigenvalue weighted by Crippen LogP contribution is -2.24. The van der Waals surface area contributed by atoms with E-state index in [0.29, 0.717) is 11.8 Å². The molecule has 0 radical (unpaired) electrons. The highest BCUT2D eigenvalue weighted by molar-refractivity contribution is 5.97. The van der Waals surface area contributed by atoms with Gasteiger partial charge in [-0.25, -0.2) is 4.98 Å². The first-order valence-electron chi connectivity index (χ1n) is 6.23. The number of anilines is 1. The molecule has 1 aromatic heterocycles. The minimum absolute atomic E-state index is 0.0177. The molecule has 8 heteroatoms. The lowest BCUT2D eigenvalue weighted by Gasteiger charge is -2.13. The lowest BCUT2D eigenvalue weighted by atomic mass is 10.2. The van der Waals surface area contributed by atoms with Gasteiger partial charge in [0.25, 0.3) is 5.91 Å². The van der Waals surface area contributed by atoms with Gasteiger partial charge in [-0.05, 0) is 24.0 Å². The molecule has 1 aliphatic carbocycles. The monoisotopic (exact) mass is 286 g/mol. The van der Waals surface area contributed by atoms with Crippen LogP contribution in [0.2, 0.25) is 0 Å². The van der Waals surface area contributed by atoms with Gasteiger partial charge in [0.2, 0.25) is 0 Å². The van der Waals surface area contributed by atoms with Gasteiger partial charge in [0.1, 0.15) is 11.5 Å². The second-order valence-electron chi connectivity index (χ2n) is 5.11. The fourth-order valence-corrected chi connectivity index (χ4v) is 2.72. The van der Waals surface area contributed by atoms with Crippen molar-refractivity contribution in [3.8, 4) is 0 Å². The number of carbonyl (C=O) groups excluding carboxylic acids is 1. The van der Waals surface area contributed by atoms with Crippen molar-refractivity contribution in [3.05, 3.63) is 23.4 Å². The molecule has 2 fully saturated rings. The Morgan fingerprint density at radius 3 is 2.55 bits per heavy atom. The molecule has 1 aromatic rings. The van der Waals surface area contributed by atoms with Crippen LogP contribution >= 0.6 is 0 Å². The fourth-order valence-electron chi connectivity index (χ4n) is 2.72. The van der Waals surface area contributed by atoms with Crippen LogP contribution < -0.4 is 16.4 Å². The van der Waals surface area contributed by atoms with Crippen molar-refractivity contribution in [2.24, 2.45) is 17.6 Å². The van der Waals surface area contributed by atoms with Crippen LogP contribution in [0.3, 0.4) is 0 Å². The maximum absolute atomic E-state index is 12.7. The third-order valence-corrected chi connectivity index (χ3v) is 3.85. The molecule has 2 aliphatic rings. The molecule has 1 amide bonds. The molecule has 0 bridgehead atoms. The van der Waals surface area contributed by atoms with Gasteiger partial charge in [0, 0.05) is 19.1 Å². The molecule has 2 atom stereocenters. The van der Waals surface area contributed by atoms with E-state index in [9.17, 15) is 18.0 Å². The zero-order valence-corrected chi connectivity index (χ0v) is 10.4. The minimum atomic E-state index is -4.55. The Labute approximate surface area is 112 Å². The summed E-state index contributed by atoms with van der Waals surface area (Å²) in [5.74, 6) is -0.108. The predicted molar refractivity (Wildman–Crippen MR) is 65.0 cm³/mol. The standard InChI is InChI=1S/C12H13F3N4O/c13-12(14,15)8-2-1-5(10(16)20)11(18-8)19-9-6-3-17-4-7(6)9/h1-2,6-7,9,17H,3-4H2,(H2,16,20)(H,18,19). The number of alkyl halides is 3. The first-order chi connectivity index (χ1) is 9.38. The number of piperidine rings is 1. The Hall–Kier alpha value is -1.83. The highest BCUT2D eigenvalue weighted by Crippen LogP contribution is 2.44. The number of carbonyl (C=O) groups is 1. The van der Waals surface area contributed by atoms with Gasteiger partial charge < -0.3 is 16.4 Å². The number of rotatable bonds is 3. The number of pyridine rings is 1. The molecule has 108 valence electrons. The van der Waals surface area contributed by atoms with Gasteiger partial charge >= 0.3 is 6.18 Å². The number of amides is 1. The van der Waals surface area contributed by atoms with Gasteiger partial charge in [-0.1, -0.05) is 0 Å². The molecule has 5 nitrogen and oxygen atoms in total. The van der Waals surface area contributed by atoms with Crippen molar-refractivity contribution < 1.29 is 18.0 Å². The first-order valence-corrected chi connectivity index (χ1v) is 6.23. The Kier molecular flexibility index (Phi) is 2.86. The molecular weight excluding hydrogens is 273 g/mol. The number of nitrogens with one attached hydrogen (secondary N) is 2. The van der Waals surface area contributed by atoms with E-state index in [0.717, 1.165) is 25.2 Å². The molecule has 1 aliphatic heterocycles. The van der Waals surface area contributed by atoms with Crippen LogP contribution in [0.15, 0.2) is 12.1 Å². The minimum Gasteiger partial charge on any atom is -0.366 e. The van der Waals surface area contributed by atoms with Crippen molar-refractivity contribution in [2.75, 3.05) is 18.4 Å². The van der Waals surface area contributed by atoms with Crippen LogP contribution in [-0.4, -0.2) is 30.0 Å². The van der Waals surface area contributed by atoms with Crippen LogP contribution in [0.4, 0.5) is 19.0 Å². The third kappa shape index (κ3) is 2.20. The molecule has 3 rings (SSSR count). The van der Waals surface area contributed by atoms with Gasteiger partial charge in [0.15, 0.2) is 0 Å². The zero-order valence-electron chi connectivity index (χ0n) is 10.4. The molecule has 4 N–H and O–H groups in total. The van der Waals surface area contributed by atoms with E-state index in [4.69, 9.17) is 5.73 Å². The van der Waals surface area contributed by atoms with E-state index in [-0.39, 0.29) is 17.4 Å². The average molecular weight is 286 g/mol. The molecule has 2 heterocycles. The van der Waals surface area contributed by atoms with Crippen molar-refractivity contribution in [1.82, 2.24) is 10.3 Å². The smallest absolute Gasteiger partial charge is 0.366 e. The highest BCUT2D eigenvalue weighted by Gasteiger charge is 2.53. The number of nitrogens with zero attached hydrogens (tertiary/aromatic N) is 1. The lowest BCUT2D eigenvalue weighted by molar-refractivity contribution is -0.141. The maximum atomic E-state index is 12.7. The summed E-state index contributed by atoms with van der Waals surface area (Å²) in [5, 5.41) is 6.11. The third-order valence-electron chi connectivity index (χ3n) is 3.85. The van der Waals surface area contributed by atoms with Crippen LogP contribution in [0, 0.1) is 11.8 Å². The summed E-state index contributed by atoms with van der Waals surface area (Å²) in [5.41, 5.74) is 4.12. The highest BCUT2D eigenvalue weighted by atomic mass is 19.4. The van der Waals surface area contributed by atoms with Gasteiger partial charge in [-0.2, -0.15) is 13.2 Å². The molecular formula is C12H13F3N4O. The summed E-state index contributed by atoms with van der Waals surface area (Å²) >= 11 is 0. The number of hydrogen-bond acceptors (Lipinski definition) is 4. The number of nitrogens with two attached hydrogens (primary N) is 1. The number of primary amides is 1. The number of fused-ring (bicyclic) bond motifs is 1. The number of halogens is 3. The van der Waals surface area contributed by atoms with E-state index in [2.05, 4.69) is 15.6 Å². The van der Waals surface area contributed by atoms with Crippen LogP contribution in [-0.2, 0) is 6.18 Å². The summed E-state index contributed by atoms with van der Waals surface area (Å²) in [6.07, 6.45) is -4.55. The number of hydrogen-bond donors (Lipinski definition) is 3. The van der Waals surface area contributed by atoms with Crippen molar-refractivity contribution in [2.45, 2.75) is 12.2 Å². The predicted octanol–water partition coefficient (Wildman–Crippen LogP) is 0.829. The normalized spacial score (nSPS) is 28.1. The van der Waals surface area contributed by atoms with E-state index in [1.807, 2.05) is 0 Å². The average Bonchev–Trinajstić information content (AvgIpc) is 2.82. The zero-order chi connectivity index (χ0) is 14.5. The Balaban J connectivity index is 1.88. The maximum Gasteiger partial charge on any atom is 0.433 e. The molecule has 1 saturated carbocycles. The van der Waals surface area contributed by atoms with E-state index in [1.165, 1.54) is 0 Å². The van der Waals surface area contributed by atoms with E-state index < -0.39 is 17.8 Å². The molecule has 2 unspecified atom stereocenters. The molecule has 20 heavy (non-hydrogen) atoms. The topological polar surface area (TPSA) is 80.0 Å². The second-order valence-corrected chi connectivity index (χ2v) is 5.11. The summed E-state index contributed by atoms with van der Waals surface area (Å²) in [7, 11) is 0. The molecule has 0 spiro atoms. The summed E-state index contributed by atoms with van der Waals surface area (Å²) in [6, 6.07) is 1.89. The Bertz CT molecular complexity index is 550. The number of aromatic nitrogens is 1. The summed E-state index contributed by atoms with van der Waals surface area (Å²) in [4.78, 5) is 14.8. The largest absolute Gasteiger partial charge is 0.433 e. The summed E-state index contributed by atoms with van der Waals surface area (Å²) in [6.45, 7) is 1.65. The molecule has 1 saturated heterocycles. The second kappa shape index (κ2) is 4.34. The van der Waals surface area contributed by atoms with Gasteiger partial charge in [-0.3, -0.25) is 4.79 Å². The van der Waals surface area contributed by atoms with Crippen LogP contribution in [0.1, 0.15) is 16.1 Å². The Morgan fingerprint density at radius 2 is 2.00 bits per heavy atom. The van der Waals surface area contributed by atoms with E-state index >= 15 is 0 Å². The summed E-state index contributed by atoms with van der Waals surface area (Å²) < 4.78 is 38.0. The van der Waals surface area contributed by atoms with Gasteiger partial charge in [-0.15, -0.1) is 0 Å².